The summed E-state index contributed by atoms with van der Waals surface area (Å²) in [5, 5.41) is 8.71. The van der Waals surface area contributed by atoms with Gasteiger partial charge in [-0.05, 0) is 35.2 Å². The molecule has 0 unspecified atom stereocenters. The van der Waals surface area contributed by atoms with Crippen molar-refractivity contribution in [1.82, 2.24) is 10.4 Å². The lowest BCUT2D eigenvalue weighted by Crippen LogP contribution is -2.31. The molecule has 2 aromatic rings. The molecule has 1 heterocycles. The summed E-state index contributed by atoms with van der Waals surface area (Å²) in [7, 11) is 0. The summed E-state index contributed by atoms with van der Waals surface area (Å²) < 4.78 is 0. The highest BCUT2D eigenvalue weighted by Gasteiger charge is 2.16. The molecule has 3 rings (SSSR count). The molecule has 2 N–H and O–H groups in total. The highest BCUT2D eigenvalue weighted by atomic mass is 16.5. The third kappa shape index (κ3) is 3.86. The summed E-state index contributed by atoms with van der Waals surface area (Å²) >= 11 is 0. The van der Waals surface area contributed by atoms with Gasteiger partial charge in [0.15, 0.2) is 0 Å². The fourth-order valence-corrected chi connectivity index (χ4v) is 2.88. The first-order valence-corrected chi connectivity index (χ1v) is 7.76. The van der Waals surface area contributed by atoms with Crippen LogP contribution in [-0.2, 0) is 13.0 Å². The molecule has 0 spiro atoms. The van der Waals surface area contributed by atoms with Gasteiger partial charge < -0.3 is 0 Å². The Morgan fingerprint density at radius 2 is 2.00 bits per heavy atom. The number of amides is 1. The van der Waals surface area contributed by atoms with E-state index in [1.165, 1.54) is 16.7 Å². The van der Waals surface area contributed by atoms with Crippen molar-refractivity contribution < 1.29 is 10.0 Å². The maximum atomic E-state index is 11.5. The van der Waals surface area contributed by atoms with Gasteiger partial charge >= 0.3 is 0 Å². The summed E-state index contributed by atoms with van der Waals surface area (Å²) in [6.07, 6.45) is 5.25. The van der Waals surface area contributed by atoms with Crippen molar-refractivity contribution in [2.45, 2.75) is 13.0 Å². The van der Waals surface area contributed by atoms with Crippen LogP contribution in [0.25, 0.3) is 6.08 Å². The van der Waals surface area contributed by atoms with E-state index < -0.39 is 5.91 Å². The van der Waals surface area contributed by atoms with Crippen molar-refractivity contribution in [1.29, 1.82) is 0 Å². The molecule has 0 aliphatic carbocycles. The minimum Gasteiger partial charge on any atom is -0.295 e. The number of hydroxylamine groups is 1. The number of fused-ring (bicyclic) bond motifs is 1. The van der Waals surface area contributed by atoms with Gasteiger partial charge in [-0.3, -0.25) is 14.9 Å². The molecule has 0 atom stereocenters. The lowest BCUT2D eigenvalue weighted by molar-refractivity contribution is 0.0706. The van der Waals surface area contributed by atoms with E-state index in [4.69, 9.17) is 5.21 Å². The van der Waals surface area contributed by atoms with Gasteiger partial charge in [-0.2, -0.15) is 0 Å². The molecule has 0 saturated heterocycles. The van der Waals surface area contributed by atoms with Crippen LogP contribution in [0.15, 0.2) is 54.6 Å². The number of carbonyl (C=O) groups is 1. The zero-order valence-corrected chi connectivity index (χ0v) is 12.9. The quantitative estimate of drug-likeness (QED) is 0.674. The van der Waals surface area contributed by atoms with Gasteiger partial charge in [0.1, 0.15) is 0 Å². The molecular formula is C19H20N2O2. The molecule has 1 aliphatic heterocycles. The fraction of sp³-hybridized carbons (Fsp3) is 0.211. The number of hydrogen-bond acceptors (Lipinski definition) is 3. The van der Waals surface area contributed by atoms with Gasteiger partial charge in [0, 0.05) is 25.2 Å². The van der Waals surface area contributed by atoms with Crippen LogP contribution in [0.3, 0.4) is 0 Å². The van der Waals surface area contributed by atoms with E-state index in [0.29, 0.717) is 5.56 Å². The lowest BCUT2D eigenvalue weighted by Gasteiger charge is -2.28. The Kier molecular flexibility index (Phi) is 4.86. The van der Waals surface area contributed by atoms with E-state index in [9.17, 15) is 4.79 Å². The SMILES string of the molecule is O=C(NO)c1ccc2c(c1)CCN(C/C=C/c1ccccc1)C2. The van der Waals surface area contributed by atoms with Gasteiger partial charge in [-0.1, -0.05) is 48.6 Å². The van der Waals surface area contributed by atoms with E-state index in [1.807, 2.05) is 30.3 Å². The average molecular weight is 308 g/mol. The predicted molar refractivity (Wildman–Crippen MR) is 90.2 cm³/mol. The number of carbonyl (C=O) groups excluding carboxylic acids is 1. The predicted octanol–water partition coefficient (Wildman–Crippen LogP) is 2.88. The highest BCUT2D eigenvalue weighted by molar-refractivity contribution is 5.93. The molecule has 4 nitrogen and oxygen atoms in total. The molecule has 23 heavy (non-hydrogen) atoms. The molecule has 0 saturated carbocycles. The molecule has 2 aromatic carbocycles. The molecule has 4 heteroatoms. The van der Waals surface area contributed by atoms with Crippen molar-refractivity contribution >= 4 is 12.0 Å². The summed E-state index contributed by atoms with van der Waals surface area (Å²) in [5.74, 6) is -0.457. The van der Waals surface area contributed by atoms with Crippen LogP contribution in [0.5, 0.6) is 0 Å². The van der Waals surface area contributed by atoms with Crippen molar-refractivity contribution in [3.8, 4) is 0 Å². The standard InChI is InChI=1S/C19H20N2O2/c22-19(20-23)17-8-9-18-14-21(12-10-16(18)13-17)11-4-7-15-5-2-1-3-6-15/h1-9,13,23H,10-12,14H2,(H,20,22)/b7-4+. The minimum absolute atomic E-state index is 0.457. The third-order valence-electron chi connectivity index (χ3n) is 4.13. The van der Waals surface area contributed by atoms with Crippen LogP contribution < -0.4 is 5.48 Å². The number of nitrogens with one attached hydrogen (secondary N) is 1. The normalized spacial score (nSPS) is 14.7. The minimum atomic E-state index is -0.457. The molecule has 1 aliphatic rings. The number of rotatable bonds is 4. The maximum Gasteiger partial charge on any atom is 0.274 e. The van der Waals surface area contributed by atoms with Crippen molar-refractivity contribution in [3.05, 3.63) is 76.9 Å². The van der Waals surface area contributed by atoms with E-state index in [0.717, 1.165) is 26.1 Å². The molecule has 0 aromatic heterocycles. The summed E-state index contributed by atoms with van der Waals surface area (Å²) in [6, 6.07) is 15.9. The topological polar surface area (TPSA) is 52.6 Å². The Labute approximate surface area is 136 Å². The largest absolute Gasteiger partial charge is 0.295 e. The van der Waals surface area contributed by atoms with Crippen molar-refractivity contribution in [2.24, 2.45) is 0 Å². The van der Waals surface area contributed by atoms with Gasteiger partial charge in [0.2, 0.25) is 0 Å². The van der Waals surface area contributed by atoms with Crippen LogP contribution in [0, 0.1) is 0 Å². The molecule has 0 fully saturated rings. The number of nitrogens with zero attached hydrogens (tertiary/aromatic N) is 1. The summed E-state index contributed by atoms with van der Waals surface area (Å²) in [5.41, 5.74) is 5.84. The zero-order valence-electron chi connectivity index (χ0n) is 12.9. The second-order valence-corrected chi connectivity index (χ2v) is 5.72. The Morgan fingerprint density at radius 3 is 2.78 bits per heavy atom. The average Bonchev–Trinajstić information content (AvgIpc) is 2.61. The molecule has 0 bridgehead atoms. The van der Waals surface area contributed by atoms with E-state index in [2.05, 4.69) is 29.2 Å². The Hall–Kier alpha value is -2.43. The second kappa shape index (κ2) is 7.22. The Balaban J connectivity index is 1.62. The number of benzene rings is 2. The molecule has 0 radical (unpaired) electrons. The van der Waals surface area contributed by atoms with E-state index in [1.54, 1.807) is 11.5 Å². The summed E-state index contributed by atoms with van der Waals surface area (Å²) in [6.45, 7) is 2.76. The van der Waals surface area contributed by atoms with E-state index >= 15 is 0 Å². The molecular weight excluding hydrogens is 288 g/mol. The zero-order chi connectivity index (χ0) is 16.1. The van der Waals surface area contributed by atoms with Crippen molar-refractivity contribution in [2.75, 3.05) is 13.1 Å². The fourth-order valence-electron chi connectivity index (χ4n) is 2.88. The van der Waals surface area contributed by atoms with Crippen LogP contribution >= 0.6 is 0 Å². The first kappa shape index (κ1) is 15.5. The Bertz CT molecular complexity index is 711. The van der Waals surface area contributed by atoms with Crippen LogP contribution in [0.4, 0.5) is 0 Å². The van der Waals surface area contributed by atoms with Crippen molar-refractivity contribution in [3.63, 3.8) is 0 Å². The first-order valence-electron chi connectivity index (χ1n) is 7.76. The molecule has 1 amide bonds. The highest BCUT2D eigenvalue weighted by Crippen LogP contribution is 2.20. The maximum absolute atomic E-state index is 11.5. The Morgan fingerprint density at radius 1 is 1.17 bits per heavy atom. The smallest absolute Gasteiger partial charge is 0.274 e. The lowest BCUT2D eigenvalue weighted by atomic mass is 9.97. The van der Waals surface area contributed by atoms with Gasteiger partial charge in [0.25, 0.3) is 5.91 Å². The second-order valence-electron chi connectivity index (χ2n) is 5.72. The van der Waals surface area contributed by atoms with Crippen LogP contribution in [0.1, 0.15) is 27.0 Å². The number of hydrogen-bond donors (Lipinski definition) is 2. The van der Waals surface area contributed by atoms with Gasteiger partial charge in [0.05, 0.1) is 0 Å². The van der Waals surface area contributed by atoms with Gasteiger partial charge in [-0.15, -0.1) is 0 Å². The first-order chi connectivity index (χ1) is 11.3. The molecule has 118 valence electrons. The summed E-state index contributed by atoms with van der Waals surface area (Å²) in [4.78, 5) is 13.8. The van der Waals surface area contributed by atoms with E-state index in [-0.39, 0.29) is 0 Å². The monoisotopic (exact) mass is 308 g/mol. The van der Waals surface area contributed by atoms with Gasteiger partial charge in [-0.25, -0.2) is 5.48 Å². The van der Waals surface area contributed by atoms with Crippen LogP contribution in [-0.4, -0.2) is 29.1 Å². The third-order valence-corrected chi connectivity index (χ3v) is 4.13. The van der Waals surface area contributed by atoms with Crippen LogP contribution in [0.2, 0.25) is 0 Å².